The molecule has 5 aliphatic rings. The molecular formula is C21H27N7. The van der Waals surface area contributed by atoms with Crippen LogP contribution in [0.3, 0.4) is 0 Å². The van der Waals surface area contributed by atoms with Gasteiger partial charge in [0.1, 0.15) is 0 Å². The number of piperidine rings is 1. The van der Waals surface area contributed by atoms with Crippen LogP contribution in [-0.2, 0) is 0 Å². The molecule has 4 bridgehead atoms. The molecule has 2 aromatic heterocycles. The zero-order valence-electron chi connectivity index (χ0n) is 16.3. The second-order valence-corrected chi connectivity index (χ2v) is 9.03. The zero-order valence-corrected chi connectivity index (χ0v) is 16.3. The molecule has 0 amide bonds. The number of hydrogen-bond donors (Lipinski definition) is 1. The average Bonchev–Trinajstić information content (AvgIpc) is 3.46. The Morgan fingerprint density at radius 2 is 1.86 bits per heavy atom. The van der Waals surface area contributed by atoms with E-state index in [0.717, 1.165) is 48.2 Å². The van der Waals surface area contributed by atoms with Crippen LogP contribution in [0.15, 0.2) is 18.5 Å². The van der Waals surface area contributed by atoms with Crippen molar-refractivity contribution in [2.75, 3.05) is 30.3 Å². The molecule has 146 valence electrons. The highest BCUT2D eigenvalue weighted by Crippen LogP contribution is 2.48. The fraction of sp³-hybridized carbons (Fsp3) is 0.619. The first-order valence-electron chi connectivity index (χ1n) is 10.7. The number of rotatable bonds is 4. The van der Waals surface area contributed by atoms with E-state index in [1.165, 1.54) is 37.9 Å². The number of nitrogen functional groups attached to an aromatic ring is 1. The first kappa shape index (κ1) is 16.7. The molecule has 7 heteroatoms. The molecule has 5 fully saturated rings. The quantitative estimate of drug-likeness (QED) is 0.875. The third-order valence-corrected chi connectivity index (χ3v) is 7.51. The van der Waals surface area contributed by atoms with Crippen molar-refractivity contribution in [3.63, 3.8) is 0 Å². The van der Waals surface area contributed by atoms with Crippen LogP contribution in [0.4, 0.5) is 11.9 Å². The fourth-order valence-corrected chi connectivity index (χ4v) is 5.96. The molecule has 7 nitrogen and oxygen atoms in total. The second kappa shape index (κ2) is 6.11. The van der Waals surface area contributed by atoms with Gasteiger partial charge in [0.25, 0.3) is 0 Å². The number of anilines is 2. The Morgan fingerprint density at radius 1 is 1.04 bits per heavy atom. The van der Waals surface area contributed by atoms with E-state index in [-0.39, 0.29) is 0 Å². The lowest BCUT2D eigenvalue weighted by Crippen LogP contribution is -2.35. The Morgan fingerprint density at radius 3 is 2.50 bits per heavy atom. The van der Waals surface area contributed by atoms with Gasteiger partial charge in [-0.3, -0.25) is 0 Å². The van der Waals surface area contributed by atoms with E-state index in [1.54, 1.807) is 12.4 Å². The summed E-state index contributed by atoms with van der Waals surface area (Å²) >= 11 is 0. The Bertz CT molecular complexity index is 892. The minimum Gasteiger partial charge on any atom is -0.368 e. The number of nitrogens with two attached hydrogens (primary N) is 1. The van der Waals surface area contributed by atoms with Gasteiger partial charge in [0, 0.05) is 49.0 Å². The van der Waals surface area contributed by atoms with E-state index in [1.807, 2.05) is 0 Å². The molecular weight excluding hydrogens is 350 g/mol. The van der Waals surface area contributed by atoms with Crippen molar-refractivity contribution < 1.29 is 0 Å². The molecule has 7 rings (SSSR count). The van der Waals surface area contributed by atoms with Gasteiger partial charge in [0.05, 0.1) is 11.4 Å². The van der Waals surface area contributed by atoms with E-state index in [9.17, 15) is 0 Å². The molecule has 0 radical (unpaired) electrons. The van der Waals surface area contributed by atoms with Crippen molar-refractivity contribution in [2.24, 2.45) is 11.8 Å². The lowest BCUT2D eigenvalue weighted by atomic mass is 9.86. The molecule has 1 unspecified atom stereocenters. The summed E-state index contributed by atoms with van der Waals surface area (Å²) in [5.74, 6) is 3.30. The van der Waals surface area contributed by atoms with E-state index < -0.39 is 0 Å². The van der Waals surface area contributed by atoms with Gasteiger partial charge in [-0.25, -0.2) is 19.9 Å². The Kier molecular flexibility index (Phi) is 3.63. The SMILES string of the molecule is CCN1C[C@@H]2C[C@H]1CC2c1cc(-c2cnc(N)nc2)nc(N2CC3CC2C3)n1. The molecule has 0 spiro atoms. The normalized spacial score (nSPS) is 33.5. The maximum atomic E-state index is 5.69. The lowest BCUT2D eigenvalue weighted by molar-refractivity contribution is 0.208. The van der Waals surface area contributed by atoms with Crippen molar-refractivity contribution in [3.05, 3.63) is 24.2 Å². The molecule has 2 saturated carbocycles. The van der Waals surface area contributed by atoms with Crippen molar-refractivity contribution in [3.8, 4) is 11.3 Å². The third-order valence-electron chi connectivity index (χ3n) is 7.51. The van der Waals surface area contributed by atoms with Gasteiger partial charge in [-0.2, -0.15) is 0 Å². The molecule has 3 aliphatic heterocycles. The minimum absolute atomic E-state index is 0.298. The van der Waals surface area contributed by atoms with Crippen molar-refractivity contribution in [1.82, 2.24) is 24.8 Å². The van der Waals surface area contributed by atoms with Gasteiger partial charge in [0.2, 0.25) is 11.9 Å². The summed E-state index contributed by atoms with van der Waals surface area (Å²) in [4.78, 5) is 23.5. The van der Waals surface area contributed by atoms with E-state index in [4.69, 9.17) is 15.7 Å². The van der Waals surface area contributed by atoms with Crippen LogP contribution < -0.4 is 10.6 Å². The number of likely N-dealkylation sites (tertiary alicyclic amines) is 1. The van der Waals surface area contributed by atoms with Crippen LogP contribution in [0.5, 0.6) is 0 Å². The molecule has 2 aliphatic carbocycles. The second-order valence-electron chi connectivity index (χ2n) is 9.03. The van der Waals surface area contributed by atoms with Crippen LogP contribution in [-0.4, -0.2) is 56.6 Å². The summed E-state index contributed by atoms with van der Waals surface area (Å²) in [6.07, 6.45) is 8.69. The van der Waals surface area contributed by atoms with E-state index in [2.05, 4.69) is 32.8 Å². The van der Waals surface area contributed by atoms with Crippen molar-refractivity contribution in [1.29, 1.82) is 0 Å². The summed E-state index contributed by atoms with van der Waals surface area (Å²) in [5, 5.41) is 0. The summed E-state index contributed by atoms with van der Waals surface area (Å²) in [5.41, 5.74) is 8.75. The molecule has 3 saturated heterocycles. The number of fused-ring (bicyclic) bond motifs is 3. The summed E-state index contributed by atoms with van der Waals surface area (Å²) in [7, 11) is 0. The highest BCUT2D eigenvalue weighted by Gasteiger charge is 2.46. The summed E-state index contributed by atoms with van der Waals surface area (Å²) in [6.45, 7) is 5.75. The molecule has 28 heavy (non-hydrogen) atoms. The van der Waals surface area contributed by atoms with Crippen LogP contribution >= 0.6 is 0 Å². The highest BCUT2D eigenvalue weighted by atomic mass is 15.3. The van der Waals surface area contributed by atoms with Crippen LogP contribution in [0.1, 0.15) is 44.2 Å². The Hall–Kier alpha value is -2.28. The van der Waals surface area contributed by atoms with Gasteiger partial charge in [-0.05, 0) is 50.1 Å². The fourth-order valence-electron chi connectivity index (χ4n) is 5.96. The van der Waals surface area contributed by atoms with E-state index >= 15 is 0 Å². The lowest BCUT2D eigenvalue weighted by Gasteiger charge is -2.31. The van der Waals surface area contributed by atoms with Crippen LogP contribution in [0.25, 0.3) is 11.3 Å². The van der Waals surface area contributed by atoms with Gasteiger partial charge in [-0.15, -0.1) is 0 Å². The third kappa shape index (κ3) is 2.52. The van der Waals surface area contributed by atoms with Gasteiger partial charge < -0.3 is 15.5 Å². The number of aromatic nitrogens is 4. The minimum atomic E-state index is 0.298. The maximum Gasteiger partial charge on any atom is 0.226 e. The largest absolute Gasteiger partial charge is 0.368 e. The van der Waals surface area contributed by atoms with Crippen molar-refractivity contribution >= 4 is 11.9 Å². The summed E-state index contributed by atoms with van der Waals surface area (Å²) < 4.78 is 0. The molecule has 3 atom stereocenters. The van der Waals surface area contributed by atoms with Crippen LogP contribution in [0.2, 0.25) is 0 Å². The Labute approximate surface area is 165 Å². The first-order chi connectivity index (χ1) is 13.7. The predicted molar refractivity (Wildman–Crippen MR) is 108 cm³/mol. The molecule has 0 aromatic carbocycles. The van der Waals surface area contributed by atoms with Crippen molar-refractivity contribution in [2.45, 2.75) is 50.6 Å². The average molecular weight is 377 g/mol. The van der Waals surface area contributed by atoms with Gasteiger partial charge in [0.15, 0.2) is 0 Å². The van der Waals surface area contributed by atoms with E-state index in [0.29, 0.717) is 17.9 Å². The first-order valence-corrected chi connectivity index (χ1v) is 10.7. The standard InChI is InChI=1S/C21H27N7/c1-2-27-11-13-5-15(27)6-17(13)19-7-18(14-8-23-20(22)24-9-14)25-21(26-19)28-10-12-3-16(28)4-12/h7-9,12-13,15-17H,2-6,10-11H2,1H3,(H2,22,23,24)/t12?,13-,15-,16?,17?/m0/s1. The molecule has 5 heterocycles. The zero-order chi connectivity index (χ0) is 18.8. The molecule has 2 aromatic rings. The predicted octanol–water partition coefficient (Wildman–Crippen LogP) is 2.31. The van der Waals surface area contributed by atoms with Gasteiger partial charge >= 0.3 is 0 Å². The monoisotopic (exact) mass is 377 g/mol. The smallest absolute Gasteiger partial charge is 0.226 e. The molecule has 2 N–H and O–H groups in total. The number of nitrogens with zero attached hydrogens (tertiary/aromatic N) is 6. The van der Waals surface area contributed by atoms with Gasteiger partial charge in [-0.1, -0.05) is 6.92 Å². The number of hydrogen-bond acceptors (Lipinski definition) is 7. The highest BCUT2D eigenvalue weighted by molar-refractivity contribution is 5.60. The summed E-state index contributed by atoms with van der Waals surface area (Å²) in [6, 6.07) is 3.54. The van der Waals surface area contributed by atoms with Crippen LogP contribution in [0, 0.1) is 11.8 Å². The Balaban J connectivity index is 1.39. The topological polar surface area (TPSA) is 84.1 Å². The maximum absolute atomic E-state index is 5.69.